The van der Waals surface area contributed by atoms with E-state index in [1.54, 1.807) is 0 Å². The van der Waals surface area contributed by atoms with Gasteiger partial charge in [-0.2, -0.15) is 0 Å². The molecule has 0 bridgehead atoms. The van der Waals surface area contributed by atoms with E-state index >= 15 is 0 Å². The summed E-state index contributed by atoms with van der Waals surface area (Å²) in [5.74, 6) is 0.833. The van der Waals surface area contributed by atoms with Gasteiger partial charge in [-0.05, 0) is 12.2 Å². The minimum absolute atomic E-state index is 0.375. The average Bonchev–Trinajstić information content (AvgIpc) is 1.91. The Bertz CT molecular complexity index is 90.1. The third-order valence-electron chi connectivity index (χ3n) is 1.61. The van der Waals surface area contributed by atoms with E-state index < -0.39 is 0 Å². The second kappa shape index (κ2) is 1.69. The Morgan fingerprint density at radius 1 is 1.71 bits per heavy atom. The molecule has 0 aromatic rings. The zero-order valence-electron chi connectivity index (χ0n) is 4.61. The van der Waals surface area contributed by atoms with Crippen molar-refractivity contribution in [2.24, 2.45) is 0 Å². The molecule has 1 nitrogen and oxygen atoms in total. The first-order valence-corrected chi connectivity index (χ1v) is 2.83. The number of Topliss-reactive ketones (excluding diaryl/α,β-unsaturated/α-hetero) is 1. The number of hydrogen-bond donors (Lipinski definition) is 0. The van der Waals surface area contributed by atoms with E-state index in [9.17, 15) is 4.79 Å². The fourth-order valence-electron chi connectivity index (χ4n) is 0.990. The minimum Gasteiger partial charge on any atom is -0.300 e. The van der Waals surface area contributed by atoms with Gasteiger partial charge in [-0.15, -0.1) is 0 Å². The van der Waals surface area contributed by atoms with Crippen molar-refractivity contribution in [1.82, 2.24) is 0 Å². The van der Waals surface area contributed by atoms with Gasteiger partial charge in [0.25, 0.3) is 0 Å². The lowest BCUT2D eigenvalue weighted by atomic mass is 9.86. The Morgan fingerprint density at radius 3 is 2.57 bits per heavy atom. The summed E-state index contributed by atoms with van der Waals surface area (Å²) in [5.41, 5.74) is 0. The molecule has 0 spiro atoms. The molecule has 0 saturated heterocycles. The van der Waals surface area contributed by atoms with Gasteiger partial charge in [0, 0.05) is 6.42 Å². The van der Waals surface area contributed by atoms with Crippen LogP contribution in [0.4, 0.5) is 0 Å². The Hall–Kier alpha value is -0.265. The molecule has 0 aromatic heterocycles. The lowest BCUT2D eigenvalue weighted by Gasteiger charge is -1.90. The maximum atomic E-state index is 10.6. The third kappa shape index (κ3) is 0.844. The number of hydrogen-bond acceptors (Lipinski definition) is 1. The lowest BCUT2D eigenvalue weighted by Crippen LogP contribution is -1.96. The van der Waals surface area contributed by atoms with Gasteiger partial charge in [-0.25, -0.2) is 0 Å². The number of rotatable bonds is 0. The summed E-state index contributed by atoms with van der Waals surface area (Å²) >= 11 is 0. The second-order valence-corrected chi connectivity index (χ2v) is 2.26. The van der Waals surface area contributed by atoms with Crippen LogP contribution in [0.15, 0.2) is 0 Å². The second-order valence-electron chi connectivity index (χ2n) is 2.26. The molecule has 1 aliphatic rings. The van der Waals surface area contributed by atoms with Crippen LogP contribution in [0.5, 0.6) is 0 Å². The minimum atomic E-state index is 0.375. The van der Waals surface area contributed by atoms with Crippen LogP contribution in [-0.2, 0) is 4.79 Å². The topological polar surface area (TPSA) is 17.1 Å². The van der Waals surface area contributed by atoms with E-state index in [4.69, 9.17) is 0 Å². The zero-order chi connectivity index (χ0) is 5.28. The van der Waals surface area contributed by atoms with Crippen molar-refractivity contribution < 1.29 is 4.79 Å². The molecule has 0 aliphatic heterocycles. The van der Waals surface area contributed by atoms with Crippen LogP contribution >= 0.6 is 0 Å². The summed E-state index contributed by atoms with van der Waals surface area (Å²) in [7, 11) is 2.01. The van der Waals surface area contributed by atoms with E-state index in [1.807, 2.05) is 7.85 Å². The summed E-state index contributed by atoms with van der Waals surface area (Å²) < 4.78 is 0. The van der Waals surface area contributed by atoms with Crippen molar-refractivity contribution in [1.29, 1.82) is 0 Å². The van der Waals surface area contributed by atoms with Crippen molar-refractivity contribution in [3.63, 3.8) is 0 Å². The fourth-order valence-corrected chi connectivity index (χ4v) is 0.990. The van der Waals surface area contributed by atoms with E-state index in [-0.39, 0.29) is 0 Å². The number of ketones is 1. The molecule has 1 fully saturated rings. The number of carbonyl (C=O) groups is 1. The van der Waals surface area contributed by atoms with Gasteiger partial charge in [0.05, 0.1) is 0 Å². The average molecular weight is 95.9 g/mol. The molecule has 1 aliphatic carbocycles. The smallest absolute Gasteiger partial charge is 0.128 e. The highest BCUT2D eigenvalue weighted by Gasteiger charge is 2.18. The fraction of sp³-hybridized carbons (Fsp3) is 0.800. The molecule has 7 heavy (non-hydrogen) atoms. The summed E-state index contributed by atoms with van der Waals surface area (Å²) in [6.45, 7) is 0. The van der Waals surface area contributed by atoms with Crippen molar-refractivity contribution >= 4 is 13.6 Å². The van der Waals surface area contributed by atoms with E-state index in [1.165, 1.54) is 0 Å². The van der Waals surface area contributed by atoms with Gasteiger partial charge >= 0.3 is 0 Å². The van der Waals surface area contributed by atoms with Gasteiger partial charge in [0.15, 0.2) is 0 Å². The van der Waals surface area contributed by atoms with Crippen LogP contribution in [0.25, 0.3) is 0 Å². The Kier molecular flexibility index (Phi) is 1.18. The Morgan fingerprint density at radius 2 is 2.43 bits per heavy atom. The Labute approximate surface area is 44.5 Å². The zero-order valence-corrected chi connectivity index (χ0v) is 4.61. The normalized spacial score (nSPS) is 31.4. The molecule has 0 heterocycles. The van der Waals surface area contributed by atoms with Gasteiger partial charge in [0.1, 0.15) is 13.6 Å². The lowest BCUT2D eigenvalue weighted by molar-refractivity contribution is -0.117. The molecule has 0 amide bonds. The number of carbonyl (C=O) groups excluding carboxylic acids is 1. The molecule has 1 unspecified atom stereocenters. The van der Waals surface area contributed by atoms with Crippen molar-refractivity contribution in [2.75, 3.05) is 0 Å². The first-order valence-electron chi connectivity index (χ1n) is 2.83. The van der Waals surface area contributed by atoms with Crippen molar-refractivity contribution in [3.8, 4) is 0 Å². The molecule has 2 heteroatoms. The molecule has 0 radical (unpaired) electrons. The molecule has 1 saturated carbocycles. The predicted molar refractivity (Wildman–Crippen MR) is 31.2 cm³/mol. The molecule has 1 atom stereocenters. The SMILES string of the molecule is BC1CCCC1=O. The van der Waals surface area contributed by atoms with Gasteiger partial charge in [-0.1, -0.05) is 6.42 Å². The van der Waals surface area contributed by atoms with Crippen LogP contribution in [0.3, 0.4) is 0 Å². The molecular formula is C5H9BO. The molecular weight excluding hydrogens is 86.9 g/mol. The van der Waals surface area contributed by atoms with E-state index in [2.05, 4.69) is 0 Å². The summed E-state index contributed by atoms with van der Waals surface area (Å²) in [5, 5.41) is 0. The highest BCUT2D eigenvalue weighted by atomic mass is 16.1. The quantitative estimate of drug-likeness (QED) is 0.392. The maximum Gasteiger partial charge on any atom is 0.128 e. The van der Waals surface area contributed by atoms with Gasteiger partial charge in [-0.3, -0.25) is 0 Å². The van der Waals surface area contributed by atoms with E-state index in [0.29, 0.717) is 11.6 Å². The molecule has 38 valence electrons. The van der Waals surface area contributed by atoms with Crippen molar-refractivity contribution in [2.45, 2.75) is 25.1 Å². The first-order chi connectivity index (χ1) is 3.30. The van der Waals surface area contributed by atoms with Crippen LogP contribution < -0.4 is 0 Å². The largest absolute Gasteiger partial charge is 0.300 e. The van der Waals surface area contributed by atoms with Crippen LogP contribution in [0.2, 0.25) is 5.82 Å². The molecule has 0 aromatic carbocycles. The van der Waals surface area contributed by atoms with Crippen LogP contribution in [0, 0.1) is 0 Å². The highest BCUT2D eigenvalue weighted by molar-refractivity contribution is 6.24. The van der Waals surface area contributed by atoms with Crippen LogP contribution in [0.1, 0.15) is 19.3 Å². The van der Waals surface area contributed by atoms with Gasteiger partial charge in [0.2, 0.25) is 0 Å². The third-order valence-corrected chi connectivity index (χ3v) is 1.61. The van der Waals surface area contributed by atoms with Gasteiger partial charge < -0.3 is 4.79 Å². The monoisotopic (exact) mass is 96.1 g/mol. The Balaban J connectivity index is 2.48. The summed E-state index contributed by atoms with van der Waals surface area (Å²) in [6.07, 6.45) is 3.08. The highest BCUT2D eigenvalue weighted by Crippen LogP contribution is 2.22. The van der Waals surface area contributed by atoms with E-state index in [0.717, 1.165) is 19.3 Å². The summed E-state index contributed by atoms with van der Waals surface area (Å²) in [6, 6.07) is 0. The van der Waals surface area contributed by atoms with Crippen LogP contribution in [-0.4, -0.2) is 13.6 Å². The molecule has 1 rings (SSSR count). The molecule has 0 N–H and O–H groups in total. The standard InChI is InChI=1S/C5H9BO/c6-4-2-1-3-5(4)7/h4H,1-3,6H2. The maximum absolute atomic E-state index is 10.6. The first kappa shape index (κ1) is 4.88. The predicted octanol–water partition coefficient (Wildman–Crippen LogP) is 0.161. The van der Waals surface area contributed by atoms with Crippen molar-refractivity contribution in [3.05, 3.63) is 0 Å². The summed E-state index contributed by atoms with van der Waals surface area (Å²) in [4.78, 5) is 10.6.